The molecule has 21 heavy (non-hydrogen) atoms. The molecule has 0 saturated heterocycles. The molecule has 0 spiro atoms. The number of benzene rings is 2. The van der Waals surface area contributed by atoms with Gasteiger partial charge in [0, 0.05) is 17.9 Å². The van der Waals surface area contributed by atoms with Crippen LogP contribution in [0, 0.1) is 11.7 Å². The first-order valence-electron chi connectivity index (χ1n) is 6.96. The SMILES string of the molecule is CC(C)CNc1ccc(NC(=O)c2ccccc2F)cc1. The zero-order chi connectivity index (χ0) is 15.2. The molecule has 0 heterocycles. The summed E-state index contributed by atoms with van der Waals surface area (Å²) in [4.78, 5) is 12.0. The van der Waals surface area contributed by atoms with Crippen molar-refractivity contribution in [2.24, 2.45) is 5.92 Å². The lowest BCUT2D eigenvalue weighted by atomic mass is 10.2. The Labute approximate surface area is 124 Å². The van der Waals surface area contributed by atoms with E-state index in [1.807, 2.05) is 12.1 Å². The Morgan fingerprint density at radius 2 is 1.67 bits per heavy atom. The Balaban J connectivity index is 2.00. The summed E-state index contributed by atoms with van der Waals surface area (Å²) < 4.78 is 13.5. The molecule has 0 fully saturated rings. The molecule has 2 rings (SSSR count). The lowest BCUT2D eigenvalue weighted by molar-refractivity contribution is 0.102. The monoisotopic (exact) mass is 286 g/mol. The van der Waals surface area contributed by atoms with Crippen molar-refractivity contribution in [3.8, 4) is 0 Å². The minimum Gasteiger partial charge on any atom is -0.385 e. The molecule has 0 aliphatic rings. The zero-order valence-electron chi connectivity index (χ0n) is 12.2. The number of hydrogen-bond donors (Lipinski definition) is 2. The van der Waals surface area contributed by atoms with Crippen LogP contribution in [0.2, 0.25) is 0 Å². The number of rotatable bonds is 5. The lowest BCUT2D eigenvalue weighted by Crippen LogP contribution is -2.13. The molecule has 2 aromatic rings. The zero-order valence-corrected chi connectivity index (χ0v) is 12.2. The standard InChI is InChI=1S/C17H19FN2O/c1-12(2)11-19-13-7-9-14(10-8-13)20-17(21)15-5-3-4-6-16(15)18/h3-10,12,19H,11H2,1-2H3,(H,20,21). The highest BCUT2D eigenvalue weighted by atomic mass is 19.1. The Morgan fingerprint density at radius 1 is 1.05 bits per heavy atom. The van der Waals surface area contributed by atoms with E-state index in [1.54, 1.807) is 24.3 Å². The number of hydrogen-bond acceptors (Lipinski definition) is 2. The van der Waals surface area contributed by atoms with Crippen LogP contribution in [0.15, 0.2) is 48.5 Å². The van der Waals surface area contributed by atoms with Gasteiger partial charge >= 0.3 is 0 Å². The molecule has 0 saturated carbocycles. The molecule has 0 aliphatic carbocycles. The summed E-state index contributed by atoms with van der Waals surface area (Å²) in [6.07, 6.45) is 0. The second kappa shape index (κ2) is 6.88. The second-order valence-electron chi connectivity index (χ2n) is 5.29. The summed E-state index contributed by atoms with van der Waals surface area (Å²) >= 11 is 0. The summed E-state index contributed by atoms with van der Waals surface area (Å²) in [7, 11) is 0. The first-order chi connectivity index (χ1) is 10.1. The van der Waals surface area contributed by atoms with Crippen LogP contribution in [-0.2, 0) is 0 Å². The molecule has 0 aromatic heterocycles. The van der Waals surface area contributed by atoms with Crippen LogP contribution < -0.4 is 10.6 Å². The lowest BCUT2D eigenvalue weighted by Gasteiger charge is -2.10. The molecule has 0 bridgehead atoms. The maximum absolute atomic E-state index is 13.5. The predicted molar refractivity (Wildman–Crippen MR) is 84.1 cm³/mol. The molecule has 110 valence electrons. The van der Waals surface area contributed by atoms with Crippen molar-refractivity contribution in [1.82, 2.24) is 0 Å². The Hall–Kier alpha value is -2.36. The Morgan fingerprint density at radius 3 is 2.29 bits per heavy atom. The third-order valence-electron chi connectivity index (χ3n) is 2.98. The minimum absolute atomic E-state index is 0.0412. The first kappa shape index (κ1) is 15.0. The van der Waals surface area contributed by atoms with Crippen LogP contribution in [0.5, 0.6) is 0 Å². The topological polar surface area (TPSA) is 41.1 Å². The van der Waals surface area contributed by atoms with Crippen molar-refractivity contribution in [2.45, 2.75) is 13.8 Å². The van der Waals surface area contributed by atoms with Gasteiger partial charge in [-0.1, -0.05) is 26.0 Å². The first-order valence-corrected chi connectivity index (χ1v) is 6.96. The number of carbonyl (C=O) groups excluding carboxylic acids is 1. The summed E-state index contributed by atoms with van der Waals surface area (Å²) in [5.74, 6) is -0.411. The van der Waals surface area contributed by atoms with Gasteiger partial charge in [-0.3, -0.25) is 4.79 Å². The number of amides is 1. The average molecular weight is 286 g/mol. The molecule has 4 heteroatoms. The molecule has 0 atom stereocenters. The van der Waals surface area contributed by atoms with E-state index in [1.165, 1.54) is 12.1 Å². The average Bonchev–Trinajstić information content (AvgIpc) is 2.47. The molecule has 0 radical (unpaired) electrons. The van der Waals surface area contributed by atoms with Crippen molar-refractivity contribution < 1.29 is 9.18 Å². The van der Waals surface area contributed by atoms with Crippen LogP contribution in [0.4, 0.5) is 15.8 Å². The smallest absolute Gasteiger partial charge is 0.258 e. The maximum atomic E-state index is 13.5. The summed E-state index contributed by atoms with van der Waals surface area (Å²) in [6, 6.07) is 13.3. The molecule has 0 unspecified atom stereocenters. The van der Waals surface area contributed by atoms with Gasteiger partial charge < -0.3 is 10.6 Å². The largest absolute Gasteiger partial charge is 0.385 e. The van der Waals surface area contributed by atoms with Gasteiger partial charge in [0.2, 0.25) is 0 Å². The van der Waals surface area contributed by atoms with Gasteiger partial charge in [0.1, 0.15) is 5.82 Å². The van der Waals surface area contributed by atoms with Crippen molar-refractivity contribution in [1.29, 1.82) is 0 Å². The fourth-order valence-electron chi connectivity index (χ4n) is 1.84. The van der Waals surface area contributed by atoms with Gasteiger partial charge in [-0.05, 0) is 42.3 Å². The molecule has 2 N–H and O–H groups in total. The van der Waals surface area contributed by atoms with Crippen molar-refractivity contribution >= 4 is 17.3 Å². The molecule has 0 aliphatic heterocycles. The van der Waals surface area contributed by atoms with E-state index in [2.05, 4.69) is 24.5 Å². The van der Waals surface area contributed by atoms with Gasteiger partial charge in [-0.2, -0.15) is 0 Å². The summed E-state index contributed by atoms with van der Waals surface area (Å²) in [5.41, 5.74) is 1.67. The maximum Gasteiger partial charge on any atom is 0.258 e. The van der Waals surface area contributed by atoms with E-state index in [0.717, 1.165) is 12.2 Å². The molecule has 3 nitrogen and oxygen atoms in total. The van der Waals surface area contributed by atoms with Gasteiger partial charge in [-0.15, -0.1) is 0 Å². The third-order valence-corrected chi connectivity index (χ3v) is 2.98. The van der Waals surface area contributed by atoms with Gasteiger partial charge in [0.05, 0.1) is 5.56 Å². The van der Waals surface area contributed by atoms with Crippen LogP contribution >= 0.6 is 0 Å². The van der Waals surface area contributed by atoms with Crippen molar-refractivity contribution in [3.05, 3.63) is 59.9 Å². The van der Waals surface area contributed by atoms with E-state index in [-0.39, 0.29) is 5.56 Å². The molecule has 2 aromatic carbocycles. The van der Waals surface area contributed by atoms with E-state index in [0.29, 0.717) is 11.6 Å². The quantitative estimate of drug-likeness (QED) is 0.867. The highest BCUT2D eigenvalue weighted by Gasteiger charge is 2.10. The Kier molecular flexibility index (Phi) is 4.93. The highest BCUT2D eigenvalue weighted by molar-refractivity contribution is 6.04. The van der Waals surface area contributed by atoms with Crippen LogP contribution in [0.3, 0.4) is 0 Å². The van der Waals surface area contributed by atoms with Crippen molar-refractivity contribution in [2.75, 3.05) is 17.2 Å². The number of anilines is 2. The van der Waals surface area contributed by atoms with Crippen LogP contribution in [0.1, 0.15) is 24.2 Å². The van der Waals surface area contributed by atoms with E-state index >= 15 is 0 Å². The highest BCUT2D eigenvalue weighted by Crippen LogP contribution is 2.16. The van der Waals surface area contributed by atoms with E-state index in [4.69, 9.17) is 0 Å². The second-order valence-corrected chi connectivity index (χ2v) is 5.29. The fourth-order valence-corrected chi connectivity index (χ4v) is 1.84. The van der Waals surface area contributed by atoms with Crippen LogP contribution in [0.25, 0.3) is 0 Å². The predicted octanol–water partition coefficient (Wildman–Crippen LogP) is 4.15. The third kappa shape index (κ3) is 4.31. The summed E-state index contributed by atoms with van der Waals surface area (Å²) in [5, 5.41) is 5.98. The number of carbonyl (C=O) groups is 1. The van der Waals surface area contributed by atoms with E-state index in [9.17, 15) is 9.18 Å². The summed E-state index contributed by atoms with van der Waals surface area (Å²) in [6.45, 7) is 5.16. The normalized spacial score (nSPS) is 10.5. The molecule has 1 amide bonds. The number of halogens is 1. The Bertz CT molecular complexity index is 608. The molecular formula is C17H19FN2O. The van der Waals surface area contributed by atoms with Crippen LogP contribution in [-0.4, -0.2) is 12.5 Å². The van der Waals surface area contributed by atoms with Gasteiger partial charge in [0.15, 0.2) is 0 Å². The number of nitrogens with one attached hydrogen (secondary N) is 2. The molecular weight excluding hydrogens is 267 g/mol. The van der Waals surface area contributed by atoms with Crippen molar-refractivity contribution in [3.63, 3.8) is 0 Å². The fraction of sp³-hybridized carbons (Fsp3) is 0.235. The minimum atomic E-state index is -0.523. The van der Waals surface area contributed by atoms with Gasteiger partial charge in [0.25, 0.3) is 5.91 Å². The van der Waals surface area contributed by atoms with E-state index < -0.39 is 11.7 Å². The van der Waals surface area contributed by atoms with Gasteiger partial charge in [-0.25, -0.2) is 4.39 Å².